The van der Waals surface area contributed by atoms with Gasteiger partial charge in [0.15, 0.2) is 0 Å². The molecule has 1 aromatic carbocycles. The molecule has 1 N–H and O–H groups in total. The van der Waals surface area contributed by atoms with Crippen molar-refractivity contribution in [2.75, 3.05) is 19.8 Å². The number of nitrogens with one attached hydrogen (secondary N) is 1. The van der Waals surface area contributed by atoms with Crippen LogP contribution < -0.4 is 5.32 Å². The molecule has 1 aliphatic rings. The molecule has 1 aliphatic heterocycles. The average molecular weight is 298 g/mol. The summed E-state index contributed by atoms with van der Waals surface area (Å²) in [6, 6.07) is 5.67. The number of rotatable bonds is 3. The van der Waals surface area contributed by atoms with Crippen molar-refractivity contribution in [1.29, 1.82) is 0 Å². The minimum Gasteiger partial charge on any atom is -0.381 e. The molecular weight excluding hydrogens is 282 g/mol. The van der Waals surface area contributed by atoms with Crippen LogP contribution in [-0.4, -0.2) is 25.7 Å². The molecule has 1 fully saturated rings. The summed E-state index contributed by atoms with van der Waals surface area (Å²) in [5.41, 5.74) is 1.71. The van der Waals surface area contributed by atoms with Crippen molar-refractivity contribution < 1.29 is 9.53 Å². The second-order valence-corrected chi connectivity index (χ2v) is 5.21. The van der Waals surface area contributed by atoms with Crippen molar-refractivity contribution in [2.24, 2.45) is 5.92 Å². The molecule has 0 aliphatic carbocycles. The number of hydrogen-bond donors (Lipinski definition) is 1. The Morgan fingerprint density at radius 2 is 2.41 bits per heavy atom. The van der Waals surface area contributed by atoms with E-state index in [-0.39, 0.29) is 5.91 Å². The summed E-state index contributed by atoms with van der Waals surface area (Å²) in [6.07, 6.45) is 1.04. The molecule has 1 unspecified atom stereocenters. The second kappa shape index (κ2) is 5.65. The summed E-state index contributed by atoms with van der Waals surface area (Å²) in [7, 11) is 0. The van der Waals surface area contributed by atoms with E-state index in [0.29, 0.717) is 12.5 Å². The minimum atomic E-state index is -0.00398. The van der Waals surface area contributed by atoms with Crippen LogP contribution in [0.25, 0.3) is 0 Å². The van der Waals surface area contributed by atoms with Gasteiger partial charge in [0.25, 0.3) is 5.91 Å². The maximum Gasteiger partial charge on any atom is 0.251 e. The van der Waals surface area contributed by atoms with Gasteiger partial charge in [-0.05, 0) is 31.0 Å². The van der Waals surface area contributed by atoms with Crippen LogP contribution in [0.2, 0.25) is 0 Å². The lowest BCUT2D eigenvalue weighted by Gasteiger charge is -2.11. The van der Waals surface area contributed by atoms with Gasteiger partial charge < -0.3 is 10.1 Å². The highest BCUT2D eigenvalue weighted by Crippen LogP contribution is 2.19. The molecular formula is C13H16BrNO2. The third-order valence-corrected chi connectivity index (χ3v) is 3.95. The monoisotopic (exact) mass is 297 g/mol. The number of amides is 1. The van der Waals surface area contributed by atoms with E-state index < -0.39 is 0 Å². The lowest BCUT2D eigenvalue weighted by molar-refractivity contribution is 0.0944. The maximum atomic E-state index is 12.0. The zero-order valence-electron chi connectivity index (χ0n) is 9.83. The number of ether oxygens (including phenoxy) is 1. The zero-order valence-corrected chi connectivity index (χ0v) is 11.4. The lowest BCUT2D eigenvalue weighted by atomic mass is 10.1. The summed E-state index contributed by atoms with van der Waals surface area (Å²) >= 11 is 3.43. The summed E-state index contributed by atoms with van der Waals surface area (Å²) in [6.45, 7) is 4.22. The van der Waals surface area contributed by atoms with Crippen molar-refractivity contribution >= 4 is 21.8 Å². The van der Waals surface area contributed by atoms with Gasteiger partial charge in [-0.25, -0.2) is 0 Å². The van der Waals surface area contributed by atoms with E-state index in [4.69, 9.17) is 4.74 Å². The number of halogens is 1. The molecule has 1 saturated heterocycles. The van der Waals surface area contributed by atoms with Crippen LogP contribution in [0.15, 0.2) is 22.7 Å². The van der Waals surface area contributed by atoms with E-state index in [1.165, 1.54) is 0 Å². The molecule has 0 aromatic heterocycles. The first-order chi connectivity index (χ1) is 8.18. The van der Waals surface area contributed by atoms with E-state index in [1.807, 2.05) is 25.1 Å². The van der Waals surface area contributed by atoms with Crippen LogP contribution in [0.4, 0.5) is 0 Å². The van der Waals surface area contributed by atoms with E-state index in [9.17, 15) is 4.79 Å². The van der Waals surface area contributed by atoms with Crippen molar-refractivity contribution in [3.05, 3.63) is 33.8 Å². The number of benzene rings is 1. The normalized spacial score (nSPS) is 19.3. The van der Waals surface area contributed by atoms with Crippen molar-refractivity contribution in [1.82, 2.24) is 5.32 Å². The number of hydrogen-bond acceptors (Lipinski definition) is 2. The molecule has 1 heterocycles. The lowest BCUT2D eigenvalue weighted by Crippen LogP contribution is -2.30. The Labute approximate surface area is 110 Å². The fourth-order valence-electron chi connectivity index (χ4n) is 1.93. The minimum absolute atomic E-state index is 0.00398. The molecule has 17 heavy (non-hydrogen) atoms. The summed E-state index contributed by atoms with van der Waals surface area (Å²) in [5, 5.41) is 2.97. The Kier molecular flexibility index (Phi) is 4.18. The molecule has 4 heteroatoms. The molecule has 1 amide bonds. The van der Waals surface area contributed by atoms with Gasteiger partial charge in [-0.1, -0.05) is 22.0 Å². The largest absolute Gasteiger partial charge is 0.381 e. The molecule has 2 rings (SSSR count). The van der Waals surface area contributed by atoms with E-state index in [2.05, 4.69) is 21.2 Å². The summed E-state index contributed by atoms with van der Waals surface area (Å²) in [5.74, 6) is 0.460. The maximum absolute atomic E-state index is 12.0. The van der Waals surface area contributed by atoms with Gasteiger partial charge in [0.2, 0.25) is 0 Å². The van der Waals surface area contributed by atoms with Gasteiger partial charge in [0, 0.05) is 29.1 Å². The van der Waals surface area contributed by atoms with E-state index in [1.54, 1.807) is 0 Å². The Morgan fingerprint density at radius 1 is 1.59 bits per heavy atom. The van der Waals surface area contributed by atoms with Crippen LogP contribution in [-0.2, 0) is 4.74 Å². The predicted octanol–water partition coefficient (Wildman–Crippen LogP) is 2.52. The fraction of sp³-hybridized carbons (Fsp3) is 0.462. The fourth-order valence-corrected chi connectivity index (χ4v) is 2.30. The van der Waals surface area contributed by atoms with Crippen LogP contribution in [0.1, 0.15) is 22.3 Å². The molecule has 0 bridgehead atoms. The number of carbonyl (C=O) groups excluding carboxylic acids is 1. The molecule has 0 radical (unpaired) electrons. The highest BCUT2D eigenvalue weighted by molar-refractivity contribution is 9.10. The molecule has 0 saturated carbocycles. The average Bonchev–Trinajstić information content (AvgIpc) is 2.82. The van der Waals surface area contributed by atoms with Gasteiger partial charge in [-0.3, -0.25) is 4.79 Å². The van der Waals surface area contributed by atoms with Crippen molar-refractivity contribution in [3.63, 3.8) is 0 Å². The van der Waals surface area contributed by atoms with Crippen LogP contribution >= 0.6 is 15.9 Å². The molecule has 1 atom stereocenters. The first-order valence-electron chi connectivity index (χ1n) is 5.79. The van der Waals surface area contributed by atoms with Gasteiger partial charge in [0.1, 0.15) is 0 Å². The van der Waals surface area contributed by atoms with Crippen molar-refractivity contribution in [2.45, 2.75) is 13.3 Å². The highest BCUT2D eigenvalue weighted by atomic mass is 79.9. The third-order valence-electron chi connectivity index (χ3n) is 3.09. The molecule has 3 nitrogen and oxygen atoms in total. The Hall–Kier alpha value is -0.870. The van der Waals surface area contributed by atoms with Gasteiger partial charge in [0.05, 0.1) is 6.61 Å². The Balaban J connectivity index is 1.97. The Morgan fingerprint density at radius 3 is 3.12 bits per heavy atom. The summed E-state index contributed by atoms with van der Waals surface area (Å²) in [4.78, 5) is 12.0. The number of carbonyl (C=O) groups is 1. The Bertz CT molecular complexity index is 414. The highest BCUT2D eigenvalue weighted by Gasteiger charge is 2.17. The molecule has 1 aromatic rings. The van der Waals surface area contributed by atoms with Gasteiger partial charge >= 0.3 is 0 Å². The first-order valence-corrected chi connectivity index (χ1v) is 6.59. The summed E-state index contributed by atoms with van der Waals surface area (Å²) < 4.78 is 6.25. The van der Waals surface area contributed by atoms with Crippen LogP contribution in [0.3, 0.4) is 0 Å². The van der Waals surface area contributed by atoms with Crippen molar-refractivity contribution in [3.8, 4) is 0 Å². The standard InChI is InChI=1S/C13H16BrNO2/c1-9-11(3-2-4-12(9)14)13(16)15-7-10-5-6-17-8-10/h2-4,10H,5-8H2,1H3,(H,15,16). The second-order valence-electron chi connectivity index (χ2n) is 4.35. The van der Waals surface area contributed by atoms with Crippen LogP contribution in [0, 0.1) is 12.8 Å². The van der Waals surface area contributed by atoms with Gasteiger partial charge in [-0.15, -0.1) is 0 Å². The van der Waals surface area contributed by atoms with Gasteiger partial charge in [-0.2, -0.15) is 0 Å². The first kappa shape index (κ1) is 12.6. The molecule has 92 valence electrons. The topological polar surface area (TPSA) is 38.3 Å². The smallest absolute Gasteiger partial charge is 0.251 e. The quantitative estimate of drug-likeness (QED) is 0.931. The van der Waals surface area contributed by atoms with Crippen LogP contribution in [0.5, 0.6) is 0 Å². The molecule has 0 spiro atoms. The van der Waals surface area contributed by atoms with E-state index in [0.717, 1.165) is 35.2 Å². The predicted molar refractivity (Wildman–Crippen MR) is 70.1 cm³/mol. The SMILES string of the molecule is Cc1c(Br)cccc1C(=O)NCC1CCOC1. The van der Waals surface area contributed by atoms with E-state index >= 15 is 0 Å². The zero-order chi connectivity index (χ0) is 12.3. The third kappa shape index (κ3) is 3.07.